The molecule has 0 saturated carbocycles. The normalized spacial score (nSPS) is 28.7. The minimum Gasteiger partial charge on any atom is -0.490 e. The van der Waals surface area contributed by atoms with Gasteiger partial charge in [0.05, 0.1) is 0 Å². The lowest BCUT2D eigenvalue weighted by Crippen LogP contribution is -2.43. The molecule has 2 heterocycles. The second-order valence-corrected chi connectivity index (χ2v) is 6.37. The molecule has 0 radical (unpaired) electrons. The highest BCUT2D eigenvalue weighted by molar-refractivity contribution is 6.30. The quantitative estimate of drug-likeness (QED) is 0.824. The molecule has 0 amide bonds. The van der Waals surface area contributed by atoms with Gasteiger partial charge in [0, 0.05) is 23.2 Å². The van der Waals surface area contributed by atoms with Gasteiger partial charge < -0.3 is 14.4 Å². The van der Waals surface area contributed by atoms with Crippen molar-refractivity contribution in [2.75, 3.05) is 7.05 Å². The fraction of sp³-hybridized carbons (Fsp3) is 0.600. The summed E-state index contributed by atoms with van der Waals surface area (Å²) in [5.74, 6) is -0.0356. The summed E-state index contributed by atoms with van der Waals surface area (Å²) in [6, 6.07) is 4.87. The third-order valence-corrected chi connectivity index (χ3v) is 4.65. The highest BCUT2D eigenvalue weighted by Gasteiger charge is 2.39. The summed E-state index contributed by atoms with van der Waals surface area (Å²) >= 11 is 5.85. The highest BCUT2D eigenvalue weighted by Crippen LogP contribution is 2.37. The molecule has 0 aromatic heterocycles. The lowest BCUT2D eigenvalue weighted by molar-refractivity contribution is -0.274. The van der Waals surface area contributed by atoms with Crippen molar-refractivity contribution in [2.24, 2.45) is 0 Å². The Morgan fingerprint density at radius 3 is 2.27 bits per heavy atom. The number of rotatable bonds is 3. The fourth-order valence-corrected chi connectivity index (χ4v) is 3.66. The van der Waals surface area contributed by atoms with Crippen LogP contribution >= 0.6 is 11.6 Å². The van der Waals surface area contributed by atoms with E-state index in [2.05, 4.69) is 16.7 Å². The van der Waals surface area contributed by atoms with Crippen molar-refractivity contribution in [3.63, 3.8) is 0 Å². The van der Waals surface area contributed by atoms with Crippen LogP contribution in [-0.4, -0.2) is 36.5 Å². The van der Waals surface area contributed by atoms with Crippen LogP contribution in [-0.2, 0) is 0 Å². The highest BCUT2D eigenvalue weighted by atomic mass is 35.5. The molecule has 0 spiro atoms. The van der Waals surface area contributed by atoms with Crippen LogP contribution < -0.4 is 9.47 Å². The Morgan fingerprint density at radius 1 is 1.09 bits per heavy atom. The maximum absolute atomic E-state index is 12.3. The van der Waals surface area contributed by atoms with Gasteiger partial charge in [-0.3, -0.25) is 0 Å². The Hall–Kier alpha value is -1.14. The Bertz CT molecular complexity index is 538. The number of benzene rings is 1. The molecule has 1 aromatic carbocycles. The van der Waals surface area contributed by atoms with Crippen LogP contribution in [0.1, 0.15) is 25.7 Å². The van der Waals surface area contributed by atoms with E-state index in [9.17, 15) is 13.2 Å². The Labute approximate surface area is 131 Å². The van der Waals surface area contributed by atoms with Crippen LogP contribution in [0, 0.1) is 0 Å². The molecule has 0 unspecified atom stereocenters. The first-order valence-electron chi connectivity index (χ1n) is 7.25. The van der Waals surface area contributed by atoms with Gasteiger partial charge in [-0.05, 0) is 44.9 Å². The van der Waals surface area contributed by atoms with Crippen molar-refractivity contribution in [1.82, 2.24) is 4.90 Å². The van der Waals surface area contributed by atoms with E-state index in [4.69, 9.17) is 16.3 Å². The largest absolute Gasteiger partial charge is 0.573 e. The second kappa shape index (κ2) is 5.81. The number of hydrogen-bond acceptors (Lipinski definition) is 3. The maximum Gasteiger partial charge on any atom is 0.573 e. The molecule has 122 valence electrons. The van der Waals surface area contributed by atoms with Gasteiger partial charge in [0.15, 0.2) is 0 Å². The van der Waals surface area contributed by atoms with Gasteiger partial charge in [0.25, 0.3) is 0 Å². The molecule has 2 saturated heterocycles. The fourth-order valence-electron chi connectivity index (χ4n) is 3.45. The van der Waals surface area contributed by atoms with E-state index in [-0.39, 0.29) is 16.9 Å². The molecule has 2 aliphatic heterocycles. The zero-order chi connectivity index (χ0) is 15.9. The molecule has 3 atom stereocenters. The SMILES string of the molecule is CN1[C@@H]2CC[C@H]1C[C@@H](Oc1cc(Cl)cc(OC(F)(F)F)c1)C2. The number of alkyl halides is 3. The lowest BCUT2D eigenvalue weighted by atomic mass is 10.0. The summed E-state index contributed by atoms with van der Waals surface area (Å²) in [4.78, 5) is 2.37. The standard InChI is InChI=1S/C15H17ClF3NO2/c1-20-10-2-3-11(20)7-13(6-10)21-12-4-9(16)5-14(8-12)22-15(17,18)19/h4-5,8,10-11,13H,2-3,6-7H2,1H3/t10-,11+,13+. The second-order valence-electron chi connectivity index (χ2n) is 5.93. The molecule has 7 heteroatoms. The molecule has 22 heavy (non-hydrogen) atoms. The lowest BCUT2D eigenvalue weighted by Gasteiger charge is -2.36. The maximum atomic E-state index is 12.3. The minimum atomic E-state index is -4.74. The molecule has 3 rings (SSSR count). The van der Waals surface area contributed by atoms with Gasteiger partial charge in [-0.1, -0.05) is 11.6 Å². The smallest absolute Gasteiger partial charge is 0.490 e. The van der Waals surface area contributed by atoms with Gasteiger partial charge in [-0.25, -0.2) is 0 Å². The number of ether oxygens (including phenoxy) is 2. The van der Waals surface area contributed by atoms with E-state index in [1.807, 2.05) is 0 Å². The van der Waals surface area contributed by atoms with Crippen LogP contribution in [0.2, 0.25) is 5.02 Å². The van der Waals surface area contributed by atoms with Crippen LogP contribution in [0.3, 0.4) is 0 Å². The van der Waals surface area contributed by atoms with Gasteiger partial charge in [-0.15, -0.1) is 13.2 Å². The predicted octanol–water partition coefficient (Wildman–Crippen LogP) is 4.24. The summed E-state index contributed by atoms with van der Waals surface area (Å²) in [5.41, 5.74) is 0. The Balaban J connectivity index is 1.70. The molecule has 2 aliphatic rings. The van der Waals surface area contributed by atoms with E-state index in [0.717, 1.165) is 31.7 Å². The summed E-state index contributed by atoms with van der Waals surface area (Å²) in [5, 5.41) is 0.160. The van der Waals surface area contributed by atoms with Crippen LogP contribution in [0.15, 0.2) is 18.2 Å². The first-order chi connectivity index (χ1) is 10.3. The molecule has 2 fully saturated rings. The molecular formula is C15H17ClF3NO2. The number of halogens is 4. The van der Waals surface area contributed by atoms with Crippen LogP contribution in [0.25, 0.3) is 0 Å². The third-order valence-electron chi connectivity index (χ3n) is 4.44. The van der Waals surface area contributed by atoms with Crippen molar-refractivity contribution in [1.29, 1.82) is 0 Å². The first-order valence-corrected chi connectivity index (χ1v) is 7.63. The van der Waals surface area contributed by atoms with E-state index < -0.39 is 6.36 Å². The zero-order valence-electron chi connectivity index (χ0n) is 12.1. The zero-order valence-corrected chi connectivity index (χ0v) is 12.8. The number of nitrogens with zero attached hydrogens (tertiary/aromatic N) is 1. The van der Waals surface area contributed by atoms with E-state index in [0.29, 0.717) is 17.8 Å². The van der Waals surface area contributed by atoms with Crippen LogP contribution in [0.4, 0.5) is 13.2 Å². The number of piperidine rings is 1. The van der Waals surface area contributed by atoms with Crippen molar-refractivity contribution in [3.05, 3.63) is 23.2 Å². The van der Waals surface area contributed by atoms with E-state index in [1.54, 1.807) is 0 Å². The van der Waals surface area contributed by atoms with Crippen molar-refractivity contribution in [2.45, 2.75) is 50.2 Å². The average molecular weight is 336 g/mol. The van der Waals surface area contributed by atoms with Crippen molar-refractivity contribution >= 4 is 11.6 Å². The Kier molecular flexibility index (Phi) is 4.16. The first kappa shape index (κ1) is 15.7. The van der Waals surface area contributed by atoms with Gasteiger partial charge in [-0.2, -0.15) is 0 Å². The van der Waals surface area contributed by atoms with Crippen molar-refractivity contribution in [3.8, 4) is 11.5 Å². The summed E-state index contributed by atoms with van der Waals surface area (Å²) in [7, 11) is 2.12. The summed E-state index contributed by atoms with van der Waals surface area (Å²) < 4.78 is 46.7. The number of fused-ring (bicyclic) bond motifs is 2. The third kappa shape index (κ3) is 3.60. The Morgan fingerprint density at radius 2 is 1.68 bits per heavy atom. The topological polar surface area (TPSA) is 21.7 Å². The van der Waals surface area contributed by atoms with E-state index in [1.165, 1.54) is 12.1 Å². The van der Waals surface area contributed by atoms with Gasteiger partial charge in [0.1, 0.15) is 17.6 Å². The van der Waals surface area contributed by atoms with E-state index >= 15 is 0 Å². The molecule has 1 aromatic rings. The predicted molar refractivity (Wildman–Crippen MR) is 76.4 cm³/mol. The molecule has 0 N–H and O–H groups in total. The van der Waals surface area contributed by atoms with Gasteiger partial charge in [0.2, 0.25) is 0 Å². The molecular weight excluding hydrogens is 319 g/mol. The average Bonchev–Trinajstić information content (AvgIpc) is 2.58. The summed E-state index contributed by atoms with van der Waals surface area (Å²) in [6.07, 6.45) is -0.665. The summed E-state index contributed by atoms with van der Waals surface area (Å²) in [6.45, 7) is 0. The minimum absolute atomic E-state index is 0.00547. The van der Waals surface area contributed by atoms with Crippen molar-refractivity contribution < 1.29 is 22.6 Å². The molecule has 0 aliphatic carbocycles. The number of hydrogen-bond donors (Lipinski definition) is 0. The molecule has 2 bridgehead atoms. The molecule has 3 nitrogen and oxygen atoms in total. The van der Waals surface area contributed by atoms with Gasteiger partial charge >= 0.3 is 6.36 Å². The monoisotopic (exact) mass is 335 g/mol. The van der Waals surface area contributed by atoms with Crippen LogP contribution in [0.5, 0.6) is 11.5 Å².